The van der Waals surface area contributed by atoms with Crippen LogP contribution in [0.5, 0.6) is 0 Å². The Balaban J connectivity index is 2.29. The van der Waals surface area contributed by atoms with Crippen LogP contribution in [-0.4, -0.2) is 28.8 Å². The zero-order chi connectivity index (χ0) is 17.4. The first-order valence-electron chi connectivity index (χ1n) is 6.24. The minimum Gasteiger partial charge on any atom is -0.465 e. The second-order valence-corrected chi connectivity index (χ2v) is 5.84. The lowest BCUT2D eigenvalue weighted by Gasteiger charge is -2.04. The molecule has 0 radical (unpaired) electrons. The fourth-order valence-corrected chi connectivity index (χ4v) is 2.77. The molecule has 2 heterocycles. The highest BCUT2D eigenvalue weighted by molar-refractivity contribution is 7.16. The number of nitrogens with zero attached hydrogens (tertiary/aromatic N) is 2. The highest BCUT2D eigenvalue weighted by Gasteiger charge is 2.35. The maximum absolute atomic E-state index is 12.7. The Kier molecular flexibility index (Phi) is 4.46. The summed E-state index contributed by atoms with van der Waals surface area (Å²) in [6.07, 6.45) is -4.61. The van der Waals surface area contributed by atoms with E-state index in [0.717, 1.165) is 23.3 Å². The minimum absolute atomic E-state index is 0.135. The van der Waals surface area contributed by atoms with Crippen LogP contribution in [0.25, 0.3) is 0 Å². The van der Waals surface area contributed by atoms with E-state index in [1.54, 1.807) is 6.92 Å². The van der Waals surface area contributed by atoms with E-state index < -0.39 is 29.4 Å². The first-order valence-corrected chi connectivity index (χ1v) is 7.06. The maximum Gasteiger partial charge on any atom is 0.433 e. The van der Waals surface area contributed by atoms with Gasteiger partial charge in [-0.25, -0.2) is 4.79 Å². The lowest BCUT2D eigenvalue weighted by atomic mass is 10.3. The monoisotopic (exact) mass is 347 g/mol. The number of ether oxygens (including phenoxy) is 1. The molecule has 0 atom stereocenters. The molecule has 0 saturated heterocycles. The number of methoxy groups -OCH3 is 1. The number of thiophene rings is 1. The van der Waals surface area contributed by atoms with E-state index in [0.29, 0.717) is 10.7 Å². The van der Waals surface area contributed by atoms with Gasteiger partial charge in [-0.3, -0.25) is 9.48 Å². The van der Waals surface area contributed by atoms with Crippen molar-refractivity contribution in [3.05, 3.63) is 34.0 Å². The van der Waals surface area contributed by atoms with Gasteiger partial charge in [0, 0.05) is 18.0 Å². The number of rotatable bonds is 3. The molecule has 2 aromatic heterocycles. The predicted octanol–water partition coefficient (Wildman–Crippen LogP) is 2.85. The second kappa shape index (κ2) is 6.03. The van der Waals surface area contributed by atoms with Crippen LogP contribution in [0.2, 0.25) is 0 Å². The molecule has 0 aliphatic heterocycles. The van der Waals surface area contributed by atoms with Gasteiger partial charge >= 0.3 is 12.1 Å². The van der Waals surface area contributed by atoms with Crippen LogP contribution in [0.15, 0.2) is 12.1 Å². The fourth-order valence-electron chi connectivity index (χ4n) is 1.88. The molecule has 0 aliphatic rings. The third-order valence-corrected chi connectivity index (χ3v) is 3.86. The van der Waals surface area contributed by atoms with Crippen LogP contribution < -0.4 is 5.32 Å². The number of amides is 1. The van der Waals surface area contributed by atoms with Crippen LogP contribution >= 0.6 is 11.3 Å². The van der Waals surface area contributed by atoms with Crippen molar-refractivity contribution in [3.8, 4) is 0 Å². The summed E-state index contributed by atoms with van der Waals surface area (Å²) in [6, 6.07) is 2.17. The number of carbonyl (C=O) groups excluding carboxylic acids is 2. The number of alkyl halides is 3. The van der Waals surface area contributed by atoms with Crippen molar-refractivity contribution >= 4 is 28.2 Å². The Morgan fingerprint density at radius 2 is 2.00 bits per heavy atom. The van der Waals surface area contributed by atoms with E-state index in [1.165, 1.54) is 13.2 Å². The Hall–Kier alpha value is -2.36. The summed E-state index contributed by atoms with van der Waals surface area (Å²) < 4.78 is 43.3. The first kappa shape index (κ1) is 17.0. The van der Waals surface area contributed by atoms with Gasteiger partial charge in [0.1, 0.15) is 10.7 Å². The van der Waals surface area contributed by atoms with Gasteiger partial charge in [-0.05, 0) is 13.0 Å². The molecule has 0 aliphatic carbocycles. The maximum atomic E-state index is 12.7. The number of hydrogen-bond donors (Lipinski definition) is 1. The summed E-state index contributed by atoms with van der Waals surface area (Å²) in [7, 11) is 2.28. The summed E-state index contributed by atoms with van der Waals surface area (Å²) >= 11 is 1.11. The van der Waals surface area contributed by atoms with Gasteiger partial charge in [0.05, 0.1) is 12.7 Å². The molecule has 0 bridgehead atoms. The average molecular weight is 347 g/mol. The molecule has 2 aromatic rings. The molecule has 0 unspecified atom stereocenters. The molecule has 6 nitrogen and oxygen atoms in total. The van der Waals surface area contributed by atoms with Crippen molar-refractivity contribution in [3.63, 3.8) is 0 Å². The van der Waals surface area contributed by atoms with E-state index in [2.05, 4.69) is 15.2 Å². The van der Waals surface area contributed by atoms with Gasteiger partial charge in [0.15, 0.2) is 5.69 Å². The predicted molar refractivity (Wildman–Crippen MR) is 76.6 cm³/mol. The highest BCUT2D eigenvalue weighted by atomic mass is 32.1. The number of esters is 1. The SMILES string of the molecule is COC(=O)c1cc(C)sc1NC(=O)c1cc(C(F)(F)F)n(C)n1. The van der Waals surface area contributed by atoms with Crippen LogP contribution in [0, 0.1) is 6.92 Å². The standard InChI is InChI=1S/C13H12F3N3O3S/c1-6-4-7(12(21)22-3)11(23-6)17-10(20)8-5-9(13(14,15)16)19(2)18-8/h4-5H,1-3H3,(H,17,20). The number of carbonyl (C=O) groups is 2. The third kappa shape index (κ3) is 3.52. The first-order chi connectivity index (χ1) is 10.6. The van der Waals surface area contributed by atoms with Gasteiger partial charge < -0.3 is 10.1 Å². The van der Waals surface area contributed by atoms with Crippen molar-refractivity contribution in [1.29, 1.82) is 0 Å². The third-order valence-electron chi connectivity index (χ3n) is 2.89. The van der Waals surface area contributed by atoms with Crippen molar-refractivity contribution in [2.45, 2.75) is 13.1 Å². The number of aromatic nitrogens is 2. The Bertz CT molecular complexity index is 764. The van der Waals surface area contributed by atoms with E-state index in [1.807, 2.05) is 0 Å². The number of nitrogens with one attached hydrogen (secondary N) is 1. The van der Waals surface area contributed by atoms with Gasteiger partial charge in [-0.1, -0.05) is 0 Å². The Morgan fingerprint density at radius 3 is 2.52 bits per heavy atom. The molecule has 0 spiro atoms. The summed E-state index contributed by atoms with van der Waals surface area (Å²) in [5, 5.41) is 6.13. The smallest absolute Gasteiger partial charge is 0.433 e. The summed E-state index contributed by atoms with van der Waals surface area (Å²) in [5.41, 5.74) is -1.31. The number of hydrogen-bond acceptors (Lipinski definition) is 5. The van der Waals surface area contributed by atoms with Crippen molar-refractivity contribution < 1.29 is 27.5 Å². The van der Waals surface area contributed by atoms with Crippen molar-refractivity contribution in [2.75, 3.05) is 12.4 Å². The molecule has 10 heteroatoms. The molecular formula is C13H12F3N3O3S. The highest BCUT2D eigenvalue weighted by Crippen LogP contribution is 2.31. The Morgan fingerprint density at radius 1 is 1.35 bits per heavy atom. The summed E-state index contributed by atoms with van der Waals surface area (Å²) in [6.45, 7) is 1.72. The van der Waals surface area contributed by atoms with E-state index in [4.69, 9.17) is 0 Å². The fraction of sp³-hybridized carbons (Fsp3) is 0.308. The normalized spacial score (nSPS) is 11.4. The van der Waals surface area contributed by atoms with Crippen LogP contribution in [-0.2, 0) is 18.0 Å². The lowest BCUT2D eigenvalue weighted by Crippen LogP contribution is -2.14. The lowest BCUT2D eigenvalue weighted by molar-refractivity contribution is -0.143. The average Bonchev–Trinajstić information content (AvgIpc) is 3.00. The molecule has 0 fully saturated rings. The van der Waals surface area contributed by atoms with Crippen molar-refractivity contribution in [1.82, 2.24) is 9.78 Å². The number of aryl methyl sites for hydroxylation is 2. The van der Waals surface area contributed by atoms with Gasteiger partial charge in [0.25, 0.3) is 5.91 Å². The quantitative estimate of drug-likeness (QED) is 0.867. The van der Waals surface area contributed by atoms with Gasteiger partial charge in [-0.15, -0.1) is 11.3 Å². The molecular weight excluding hydrogens is 335 g/mol. The van der Waals surface area contributed by atoms with Gasteiger partial charge in [-0.2, -0.15) is 18.3 Å². The number of halogens is 3. The van der Waals surface area contributed by atoms with Crippen molar-refractivity contribution in [2.24, 2.45) is 7.05 Å². The zero-order valence-electron chi connectivity index (χ0n) is 12.3. The molecule has 2 rings (SSSR count). The molecule has 0 aromatic carbocycles. The molecule has 23 heavy (non-hydrogen) atoms. The van der Waals surface area contributed by atoms with E-state index >= 15 is 0 Å². The Labute approximate surface area is 132 Å². The topological polar surface area (TPSA) is 73.2 Å². The molecule has 0 saturated carbocycles. The molecule has 124 valence electrons. The number of anilines is 1. The van der Waals surface area contributed by atoms with E-state index in [9.17, 15) is 22.8 Å². The van der Waals surface area contributed by atoms with Crippen LogP contribution in [0.3, 0.4) is 0 Å². The summed E-state index contributed by atoms with van der Waals surface area (Å²) in [5.74, 6) is -1.50. The second-order valence-electron chi connectivity index (χ2n) is 4.58. The van der Waals surface area contributed by atoms with E-state index in [-0.39, 0.29) is 10.6 Å². The molecule has 1 amide bonds. The zero-order valence-corrected chi connectivity index (χ0v) is 13.1. The van der Waals surface area contributed by atoms with Crippen LogP contribution in [0.4, 0.5) is 18.2 Å². The summed E-state index contributed by atoms with van der Waals surface area (Å²) in [4.78, 5) is 24.4. The molecule has 1 N–H and O–H groups in total. The van der Waals surface area contributed by atoms with Gasteiger partial charge in [0.2, 0.25) is 0 Å². The van der Waals surface area contributed by atoms with Crippen LogP contribution in [0.1, 0.15) is 31.4 Å². The minimum atomic E-state index is -4.61. The largest absolute Gasteiger partial charge is 0.465 e.